The molecule has 4 nitrogen and oxygen atoms in total. The predicted molar refractivity (Wildman–Crippen MR) is 75.3 cm³/mol. The monoisotopic (exact) mass is 253 g/mol. The first kappa shape index (κ1) is 11.7. The Balaban J connectivity index is 2.16. The van der Waals surface area contributed by atoms with Crippen molar-refractivity contribution < 1.29 is 0 Å². The second-order valence-electron chi connectivity index (χ2n) is 4.69. The van der Waals surface area contributed by atoms with Gasteiger partial charge in [0.2, 0.25) is 0 Å². The fourth-order valence-corrected chi connectivity index (χ4v) is 2.37. The molecule has 0 fully saturated rings. The summed E-state index contributed by atoms with van der Waals surface area (Å²) in [7, 11) is 1.80. The van der Waals surface area contributed by atoms with Crippen molar-refractivity contribution in [2.75, 3.05) is 0 Å². The van der Waals surface area contributed by atoms with Crippen LogP contribution in [0, 0.1) is 6.92 Å². The van der Waals surface area contributed by atoms with Crippen molar-refractivity contribution in [1.82, 2.24) is 14.1 Å². The van der Waals surface area contributed by atoms with Crippen molar-refractivity contribution in [3.63, 3.8) is 0 Å². The van der Waals surface area contributed by atoms with Crippen molar-refractivity contribution in [1.29, 1.82) is 0 Å². The van der Waals surface area contributed by atoms with Gasteiger partial charge in [-0.25, -0.2) is 4.79 Å². The first-order valence-electron chi connectivity index (χ1n) is 6.23. The van der Waals surface area contributed by atoms with E-state index in [2.05, 4.69) is 4.98 Å². The lowest BCUT2D eigenvalue weighted by Crippen LogP contribution is -2.23. The average molecular weight is 253 g/mol. The van der Waals surface area contributed by atoms with Crippen LogP contribution in [0.3, 0.4) is 0 Å². The molecule has 0 saturated heterocycles. The fraction of sp³-hybridized carbons (Fsp3) is 0.200. The van der Waals surface area contributed by atoms with Gasteiger partial charge >= 0.3 is 5.69 Å². The zero-order valence-corrected chi connectivity index (χ0v) is 11.0. The van der Waals surface area contributed by atoms with E-state index in [9.17, 15) is 4.79 Å². The van der Waals surface area contributed by atoms with Crippen LogP contribution >= 0.6 is 0 Å². The minimum absolute atomic E-state index is 0.00972. The number of benzene rings is 1. The van der Waals surface area contributed by atoms with E-state index in [-0.39, 0.29) is 5.69 Å². The Labute approximate surface area is 110 Å². The van der Waals surface area contributed by atoms with Crippen LogP contribution in [-0.2, 0) is 13.6 Å². The average Bonchev–Trinajstić information content (AvgIpc) is 2.65. The molecule has 0 unspecified atom stereocenters. The van der Waals surface area contributed by atoms with E-state index in [1.54, 1.807) is 16.2 Å². The van der Waals surface area contributed by atoms with Crippen molar-refractivity contribution in [2.45, 2.75) is 13.5 Å². The number of pyridine rings is 1. The highest BCUT2D eigenvalue weighted by Gasteiger charge is 2.10. The molecular formula is C15H15N3O. The van der Waals surface area contributed by atoms with Gasteiger partial charge in [0, 0.05) is 12.7 Å². The Kier molecular flexibility index (Phi) is 2.71. The fourth-order valence-electron chi connectivity index (χ4n) is 2.37. The van der Waals surface area contributed by atoms with Gasteiger partial charge in [-0.3, -0.25) is 14.1 Å². The Morgan fingerprint density at radius 2 is 1.79 bits per heavy atom. The number of aryl methyl sites for hydroxylation is 2. The number of aromatic nitrogens is 3. The van der Waals surface area contributed by atoms with E-state index >= 15 is 0 Å². The Morgan fingerprint density at radius 3 is 2.53 bits per heavy atom. The highest BCUT2D eigenvalue weighted by Crippen LogP contribution is 2.12. The summed E-state index contributed by atoms with van der Waals surface area (Å²) in [5.74, 6) is 0. The third-order valence-electron chi connectivity index (χ3n) is 3.32. The van der Waals surface area contributed by atoms with Gasteiger partial charge in [-0.1, -0.05) is 18.2 Å². The molecule has 0 N–H and O–H groups in total. The number of hydrogen-bond acceptors (Lipinski definition) is 2. The molecule has 0 saturated carbocycles. The number of nitrogens with zero attached hydrogens (tertiary/aromatic N) is 3. The first-order valence-corrected chi connectivity index (χ1v) is 6.23. The second kappa shape index (κ2) is 4.39. The predicted octanol–water partition coefficient (Wildman–Crippen LogP) is 2.09. The molecule has 96 valence electrons. The summed E-state index contributed by atoms with van der Waals surface area (Å²) < 4.78 is 3.43. The van der Waals surface area contributed by atoms with Crippen molar-refractivity contribution in [2.24, 2.45) is 7.05 Å². The van der Waals surface area contributed by atoms with Crippen molar-refractivity contribution >= 4 is 11.0 Å². The summed E-state index contributed by atoms with van der Waals surface area (Å²) in [6.45, 7) is 2.46. The van der Waals surface area contributed by atoms with Crippen molar-refractivity contribution in [3.05, 3.63) is 64.3 Å². The summed E-state index contributed by atoms with van der Waals surface area (Å²) in [6, 6.07) is 13.7. The maximum Gasteiger partial charge on any atom is 0.329 e. The van der Waals surface area contributed by atoms with Crippen LogP contribution in [0.5, 0.6) is 0 Å². The lowest BCUT2D eigenvalue weighted by atomic mass is 10.3. The first-order chi connectivity index (χ1) is 9.16. The topological polar surface area (TPSA) is 39.8 Å². The molecule has 1 aromatic carbocycles. The second-order valence-corrected chi connectivity index (χ2v) is 4.69. The molecule has 19 heavy (non-hydrogen) atoms. The van der Waals surface area contributed by atoms with Gasteiger partial charge in [0.05, 0.1) is 23.3 Å². The number of imidazole rings is 1. The van der Waals surface area contributed by atoms with Gasteiger partial charge in [0.25, 0.3) is 0 Å². The van der Waals surface area contributed by atoms with E-state index in [0.717, 1.165) is 22.4 Å². The van der Waals surface area contributed by atoms with E-state index in [1.807, 2.05) is 49.4 Å². The van der Waals surface area contributed by atoms with Gasteiger partial charge in [-0.15, -0.1) is 0 Å². The van der Waals surface area contributed by atoms with E-state index in [4.69, 9.17) is 0 Å². The Hall–Kier alpha value is -2.36. The lowest BCUT2D eigenvalue weighted by Gasteiger charge is -2.03. The maximum atomic E-state index is 12.3. The number of para-hydroxylation sites is 2. The number of fused-ring (bicyclic) bond motifs is 1. The quantitative estimate of drug-likeness (QED) is 0.701. The normalized spacial score (nSPS) is 11.1. The Bertz CT molecular complexity index is 799. The van der Waals surface area contributed by atoms with E-state index < -0.39 is 0 Å². The minimum atomic E-state index is -0.00972. The molecule has 0 aliphatic rings. The molecule has 0 atom stereocenters. The lowest BCUT2D eigenvalue weighted by molar-refractivity contribution is 0.720. The molecular weight excluding hydrogens is 238 g/mol. The van der Waals surface area contributed by atoms with Crippen LogP contribution in [-0.4, -0.2) is 14.1 Å². The van der Waals surface area contributed by atoms with Crippen LogP contribution in [0.4, 0.5) is 0 Å². The largest absolute Gasteiger partial charge is 0.329 e. The van der Waals surface area contributed by atoms with Crippen molar-refractivity contribution in [3.8, 4) is 0 Å². The highest BCUT2D eigenvalue weighted by molar-refractivity contribution is 5.75. The van der Waals surface area contributed by atoms with Crippen LogP contribution in [0.15, 0.2) is 47.3 Å². The van der Waals surface area contributed by atoms with Gasteiger partial charge in [0.1, 0.15) is 0 Å². The number of rotatable bonds is 2. The molecule has 0 spiro atoms. The third-order valence-corrected chi connectivity index (χ3v) is 3.32. The molecule has 0 radical (unpaired) electrons. The molecule has 0 amide bonds. The summed E-state index contributed by atoms with van der Waals surface area (Å²) in [4.78, 5) is 16.7. The van der Waals surface area contributed by atoms with E-state index in [0.29, 0.717) is 6.54 Å². The maximum absolute atomic E-state index is 12.3. The SMILES string of the molecule is Cc1cccc(Cn2c(=O)n(C)c3ccccc32)n1. The van der Waals surface area contributed by atoms with Crippen LogP contribution in [0.2, 0.25) is 0 Å². The molecule has 3 aromatic rings. The zero-order valence-electron chi connectivity index (χ0n) is 11.0. The van der Waals surface area contributed by atoms with Gasteiger partial charge in [-0.05, 0) is 31.2 Å². The molecule has 2 heterocycles. The Morgan fingerprint density at radius 1 is 1.05 bits per heavy atom. The molecule has 0 aliphatic heterocycles. The zero-order chi connectivity index (χ0) is 13.4. The third kappa shape index (κ3) is 1.95. The van der Waals surface area contributed by atoms with Crippen LogP contribution < -0.4 is 5.69 Å². The molecule has 3 rings (SSSR count). The van der Waals surface area contributed by atoms with E-state index in [1.165, 1.54) is 0 Å². The standard InChI is InChI=1S/C15H15N3O/c1-11-6-5-7-12(16-11)10-18-14-9-4-3-8-13(14)17(2)15(18)19/h3-9H,10H2,1-2H3. The van der Waals surface area contributed by atoms with Crippen LogP contribution in [0.25, 0.3) is 11.0 Å². The highest BCUT2D eigenvalue weighted by atomic mass is 16.1. The van der Waals surface area contributed by atoms with Gasteiger partial charge < -0.3 is 0 Å². The summed E-state index contributed by atoms with van der Waals surface area (Å²) in [5.41, 5.74) is 3.74. The summed E-state index contributed by atoms with van der Waals surface area (Å²) in [6.07, 6.45) is 0. The number of hydrogen-bond donors (Lipinski definition) is 0. The van der Waals surface area contributed by atoms with Gasteiger partial charge in [-0.2, -0.15) is 0 Å². The molecule has 0 aliphatic carbocycles. The smallest absolute Gasteiger partial charge is 0.295 e. The summed E-state index contributed by atoms with van der Waals surface area (Å²) >= 11 is 0. The van der Waals surface area contributed by atoms with Gasteiger partial charge in [0.15, 0.2) is 0 Å². The molecule has 4 heteroatoms. The minimum Gasteiger partial charge on any atom is -0.295 e. The van der Waals surface area contributed by atoms with Crippen LogP contribution in [0.1, 0.15) is 11.4 Å². The summed E-state index contributed by atoms with van der Waals surface area (Å²) in [5, 5.41) is 0. The molecule has 2 aromatic heterocycles. The molecule has 0 bridgehead atoms.